The van der Waals surface area contributed by atoms with Gasteiger partial charge in [0.15, 0.2) is 0 Å². The van der Waals surface area contributed by atoms with Gasteiger partial charge in [0.05, 0.1) is 5.54 Å². The van der Waals surface area contributed by atoms with Crippen LogP contribution in [-0.4, -0.2) is 30.2 Å². The number of carbonyl (C=O) groups is 1. The standard InChI is InChI=1S/C13H20F3N3OS/c1-4-12(3,11-19-9(2)8-21-11)18-7-5-6-17-10(20)13(14,15)16/h8,18H,4-7H2,1-3H3,(H,17,20)/t12-/m1/s1. The Morgan fingerprint density at radius 2 is 2.05 bits per heavy atom. The van der Waals surface area contributed by atoms with Crippen LogP contribution in [0.3, 0.4) is 0 Å². The minimum Gasteiger partial charge on any atom is -0.348 e. The van der Waals surface area contributed by atoms with E-state index in [0.717, 1.165) is 17.1 Å². The summed E-state index contributed by atoms with van der Waals surface area (Å²) in [6.07, 6.45) is -3.58. The van der Waals surface area contributed by atoms with Crippen LogP contribution < -0.4 is 10.6 Å². The Hall–Kier alpha value is -1.15. The van der Waals surface area contributed by atoms with Gasteiger partial charge in [-0.25, -0.2) is 4.98 Å². The first-order valence-corrected chi connectivity index (χ1v) is 7.59. The molecule has 4 nitrogen and oxygen atoms in total. The first-order valence-electron chi connectivity index (χ1n) is 6.71. The van der Waals surface area contributed by atoms with Crippen LogP contribution in [0.5, 0.6) is 0 Å². The Labute approximate surface area is 126 Å². The van der Waals surface area contributed by atoms with Gasteiger partial charge in [0.2, 0.25) is 0 Å². The Morgan fingerprint density at radius 3 is 2.52 bits per heavy atom. The van der Waals surface area contributed by atoms with E-state index in [9.17, 15) is 18.0 Å². The lowest BCUT2D eigenvalue weighted by atomic mass is 10.00. The third kappa shape index (κ3) is 5.28. The molecule has 0 saturated carbocycles. The Morgan fingerprint density at radius 1 is 1.38 bits per heavy atom. The third-order valence-corrected chi connectivity index (χ3v) is 4.43. The molecule has 0 fully saturated rings. The summed E-state index contributed by atoms with van der Waals surface area (Å²) < 4.78 is 36.0. The maximum Gasteiger partial charge on any atom is 0.471 e. The molecule has 0 aromatic carbocycles. The maximum atomic E-state index is 12.0. The molecule has 1 atom stereocenters. The second-order valence-electron chi connectivity index (χ2n) is 5.01. The molecule has 1 amide bonds. The van der Waals surface area contributed by atoms with E-state index < -0.39 is 12.1 Å². The summed E-state index contributed by atoms with van der Waals surface area (Å²) in [7, 11) is 0. The van der Waals surface area contributed by atoms with Crippen LogP contribution in [0.2, 0.25) is 0 Å². The van der Waals surface area contributed by atoms with E-state index in [2.05, 4.69) is 10.3 Å². The van der Waals surface area contributed by atoms with Gasteiger partial charge < -0.3 is 10.6 Å². The van der Waals surface area contributed by atoms with Crippen LogP contribution in [0.1, 0.15) is 37.4 Å². The van der Waals surface area contributed by atoms with Crippen molar-refractivity contribution in [2.24, 2.45) is 0 Å². The molecular formula is C13H20F3N3OS. The van der Waals surface area contributed by atoms with Crippen molar-refractivity contribution in [2.75, 3.05) is 13.1 Å². The molecule has 0 aliphatic rings. The van der Waals surface area contributed by atoms with E-state index in [-0.39, 0.29) is 12.1 Å². The molecule has 8 heteroatoms. The highest BCUT2D eigenvalue weighted by Gasteiger charge is 2.38. The fraction of sp³-hybridized carbons (Fsp3) is 0.692. The lowest BCUT2D eigenvalue weighted by molar-refractivity contribution is -0.173. The zero-order chi connectivity index (χ0) is 16.1. The maximum absolute atomic E-state index is 12.0. The van der Waals surface area contributed by atoms with Gasteiger partial charge in [0, 0.05) is 17.6 Å². The van der Waals surface area contributed by atoms with Crippen molar-refractivity contribution >= 4 is 17.2 Å². The number of hydrogen-bond donors (Lipinski definition) is 2. The first kappa shape index (κ1) is 17.9. The van der Waals surface area contributed by atoms with Crippen molar-refractivity contribution in [1.82, 2.24) is 15.6 Å². The van der Waals surface area contributed by atoms with E-state index in [4.69, 9.17) is 0 Å². The van der Waals surface area contributed by atoms with Crippen molar-refractivity contribution in [2.45, 2.75) is 45.3 Å². The second kappa shape index (κ2) is 7.22. The monoisotopic (exact) mass is 323 g/mol. The smallest absolute Gasteiger partial charge is 0.348 e. The highest BCUT2D eigenvalue weighted by molar-refractivity contribution is 7.09. The van der Waals surface area contributed by atoms with Crippen molar-refractivity contribution in [3.8, 4) is 0 Å². The largest absolute Gasteiger partial charge is 0.471 e. The molecule has 1 rings (SSSR count). The number of halogens is 3. The molecule has 1 aromatic heterocycles. The highest BCUT2D eigenvalue weighted by atomic mass is 32.1. The number of hydrogen-bond acceptors (Lipinski definition) is 4. The predicted octanol–water partition coefficient (Wildman–Crippen LogP) is 2.73. The van der Waals surface area contributed by atoms with Gasteiger partial charge in [-0.1, -0.05) is 6.92 Å². The zero-order valence-corrected chi connectivity index (χ0v) is 13.1. The van der Waals surface area contributed by atoms with Gasteiger partial charge >= 0.3 is 12.1 Å². The second-order valence-corrected chi connectivity index (χ2v) is 5.87. The summed E-state index contributed by atoms with van der Waals surface area (Å²) in [6, 6.07) is 0. The van der Waals surface area contributed by atoms with Crippen LogP contribution in [0.15, 0.2) is 5.38 Å². The summed E-state index contributed by atoms with van der Waals surface area (Å²) in [5.74, 6) is -1.89. The number of nitrogens with zero attached hydrogens (tertiary/aromatic N) is 1. The van der Waals surface area contributed by atoms with Gasteiger partial charge in [0.25, 0.3) is 0 Å². The molecule has 2 N–H and O–H groups in total. The van der Waals surface area contributed by atoms with E-state index in [0.29, 0.717) is 13.0 Å². The number of thiazole rings is 1. The lowest BCUT2D eigenvalue weighted by Gasteiger charge is -2.27. The van der Waals surface area contributed by atoms with E-state index in [1.165, 1.54) is 0 Å². The average molecular weight is 323 g/mol. The lowest BCUT2D eigenvalue weighted by Crippen LogP contribution is -2.41. The summed E-state index contributed by atoms with van der Waals surface area (Å²) in [5, 5.41) is 8.08. The number of carbonyl (C=O) groups excluding carboxylic acids is 1. The first-order chi connectivity index (χ1) is 9.69. The van der Waals surface area contributed by atoms with Crippen molar-refractivity contribution < 1.29 is 18.0 Å². The molecule has 0 saturated heterocycles. The molecule has 0 aliphatic carbocycles. The number of amides is 1. The predicted molar refractivity (Wildman–Crippen MR) is 76.2 cm³/mol. The van der Waals surface area contributed by atoms with Crippen molar-refractivity contribution in [1.29, 1.82) is 0 Å². The molecule has 21 heavy (non-hydrogen) atoms. The van der Waals surface area contributed by atoms with E-state index >= 15 is 0 Å². The number of aryl methyl sites for hydroxylation is 1. The normalized spacial score (nSPS) is 14.8. The van der Waals surface area contributed by atoms with Crippen LogP contribution in [0.4, 0.5) is 13.2 Å². The molecule has 1 aromatic rings. The van der Waals surface area contributed by atoms with Gasteiger partial charge in [-0.15, -0.1) is 11.3 Å². The molecule has 0 bridgehead atoms. The summed E-state index contributed by atoms with van der Waals surface area (Å²) in [6.45, 7) is 6.45. The van der Waals surface area contributed by atoms with Crippen molar-refractivity contribution in [3.63, 3.8) is 0 Å². The molecule has 0 unspecified atom stereocenters. The van der Waals surface area contributed by atoms with Crippen LogP contribution >= 0.6 is 11.3 Å². The van der Waals surface area contributed by atoms with Gasteiger partial charge in [-0.05, 0) is 33.2 Å². The number of nitrogens with one attached hydrogen (secondary N) is 2. The molecule has 0 spiro atoms. The van der Waals surface area contributed by atoms with Gasteiger partial charge in [-0.3, -0.25) is 4.79 Å². The summed E-state index contributed by atoms with van der Waals surface area (Å²) in [5.41, 5.74) is 0.654. The number of aromatic nitrogens is 1. The Kier molecular flexibility index (Phi) is 6.15. The Bertz CT molecular complexity index is 475. The van der Waals surface area contributed by atoms with E-state index in [1.807, 2.05) is 31.5 Å². The topological polar surface area (TPSA) is 54.0 Å². The van der Waals surface area contributed by atoms with Crippen LogP contribution in [-0.2, 0) is 10.3 Å². The number of rotatable bonds is 7. The van der Waals surface area contributed by atoms with Gasteiger partial charge in [0.1, 0.15) is 5.01 Å². The molecule has 0 radical (unpaired) electrons. The average Bonchev–Trinajstić information content (AvgIpc) is 2.84. The summed E-state index contributed by atoms with van der Waals surface area (Å²) in [4.78, 5) is 15.1. The third-order valence-electron chi connectivity index (χ3n) is 3.21. The number of alkyl halides is 3. The minimum absolute atomic E-state index is 0.0119. The van der Waals surface area contributed by atoms with E-state index in [1.54, 1.807) is 11.3 Å². The molecule has 1 heterocycles. The summed E-state index contributed by atoms with van der Waals surface area (Å²) >= 11 is 1.56. The molecular weight excluding hydrogens is 303 g/mol. The quantitative estimate of drug-likeness (QED) is 0.759. The minimum atomic E-state index is -4.82. The fourth-order valence-corrected chi connectivity index (χ4v) is 2.72. The zero-order valence-electron chi connectivity index (χ0n) is 12.3. The highest BCUT2D eigenvalue weighted by Crippen LogP contribution is 2.27. The molecule has 120 valence electrons. The van der Waals surface area contributed by atoms with Crippen LogP contribution in [0, 0.1) is 6.92 Å². The van der Waals surface area contributed by atoms with Gasteiger partial charge in [-0.2, -0.15) is 13.2 Å². The Balaban J connectivity index is 2.38. The van der Waals surface area contributed by atoms with Crippen molar-refractivity contribution in [3.05, 3.63) is 16.1 Å². The molecule has 0 aliphatic heterocycles. The van der Waals surface area contributed by atoms with Crippen LogP contribution in [0.25, 0.3) is 0 Å². The fourth-order valence-electron chi connectivity index (χ4n) is 1.71. The SMILES string of the molecule is CC[C@@](C)(NCCCNC(=O)C(F)(F)F)c1nc(C)cs1.